The lowest BCUT2D eigenvalue weighted by molar-refractivity contribution is -0.168. The van der Waals surface area contributed by atoms with Crippen molar-refractivity contribution in [1.29, 1.82) is 0 Å². The highest BCUT2D eigenvalue weighted by Crippen LogP contribution is 2.43. The molecule has 0 aliphatic carbocycles. The Morgan fingerprint density at radius 1 is 1.36 bits per heavy atom. The maximum Gasteiger partial charge on any atom is 0.511 e. The molecule has 2 amide bonds. The highest BCUT2D eigenvalue weighted by molar-refractivity contribution is 8.05. The number of fused-ring (bicyclic) bond motifs is 1. The second-order valence-electron chi connectivity index (χ2n) is 7.29. The fraction of sp³-hybridized carbons (Fsp3) is 0.450. The largest absolute Gasteiger partial charge is 0.511 e. The van der Waals surface area contributed by atoms with E-state index in [1.54, 1.807) is 13.2 Å². The van der Waals surface area contributed by atoms with Crippen LogP contribution in [0.1, 0.15) is 19.5 Å². The number of aliphatic carboxylic acids is 1. The fourth-order valence-corrected chi connectivity index (χ4v) is 6.01. The van der Waals surface area contributed by atoms with Gasteiger partial charge < -0.3 is 35.2 Å². The van der Waals surface area contributed by atoms with E-state index in [9.17, 15) is 24.0 Å². The van der Waals surface area contributed by atoms with Gasteiger partial charge in [-0.15, -0.1) is 47.3 Å². The van der Waals surface area contributed by atoms with Crippen LogP contribution in [0.4, 0.5) is 9.93 Å². The Labute approximate surface area is 240 Å². The number of carboxylic acids is 1. The maximum absolute atomic E-state index is 13.1. The summed E-state index contributed by atoms with van der Waals surface area (Å²) in [5, 5.41) is 15.8. The third-order valence-electron chi connectivity index (χ3n) is 4.78. The molecule has 0 bridgehead atoms. The van der Waals surface area contributed by atoms with E-state index in [4.69, 9.17) is 25.2 Å². The summed E-state index contributed by atoms with van der Waals surface area (Å²) in [7, 11) is 0. The number of oxime groups is 1. The maximum atomic E-state index is 13.1. The Balaban J connectivity index is 0.00000533. The normalized spacial score (nSPS) is 19.1. The van der Waals surface area contributed by atoms with Crippen LogP contribution < -0.4 is 11.1 Å². The number of ether oxygens (including phenoxy) is 3. The van der Waals surface area contributed by atoms with E-state index >= 15 is 0 Å². The molecule has 3 atom stereocenters. The minimum Gasteiger partial charge on any atom is -0.479 e. The Morgan fingerprint density at radius 2 is 2.08 bits per heavy atom. The lowest BCUT2D eigenvalue weighted by Crippen LogP contribution is -2.71. The van der Waals surface area contributed by atoms with Gasteiger partial charge in [0.05, 0.1) is 6.61 Å². The summed E-state index contributed by atoms with van der Waals surface area (Å²) in [6.07, 6.45) is -0.573. The second-order valence-corrected chi connectivity index (χ2v) is 10.2. The smallest absolute Gasteiger partial charge is 0.479 e. The van der Waals surface area contributed by atoms with Gasteiger partial charge in [0.25, 0.3) is 11.8 Å². The van der Waals surface area contributed by atoms with E-state index < -0.39 is 54.2 Å². The van der Waals surface area contributed by atoms with Crippen LogP contribution in [-0.4, -0.2) is 93.5 Å². The van der Waals surface area contributed by atoms with E-state index in [2.05, 4.69) is 20.2 Å². The number of rotatable bonds is 11. The van der Waals surface area contributed by atoms with Crippen LogP contribution in [-0.2, 0) is 38.2 Å². The van der Waals surface area contributed by atoms with Crippen molar-refractivity contribution in [2.45, 2.75) is 31.6 Å². The van der Waals surface area contributed by atoms with E-state index in [-0.39, 0.29) is 41.2 Å². The molecule has 1 saturated heterocycles. The fourth-order valence-electron chi connectivity index (χ4n) is 3.22. The number of carbonyl (C=O) groups excluding carboxylic acids is 4. The third-order valence-corrected chi connectivity index (χ3v) is 7.75. The van der Waals surface area contributed by atoms with Crippen molar-refractivity contribution < 1.29 is 48.1 Å². The first-order valence-electron chi connectivity index (χ1n) is 10.8. The number of amides is 2. The molecule has 1 aromatic heterocycles. The molecule has 15 nitrogen and oxygen atoms in total. The van der Waals surface area contributed by atoms with Gasteiger partial charge in [-0.2, -0.15) is 0 Å². The minimum absolute atomic E-state index is 0. The number of β-lactam (4-membered cyclic amide) rings is 1. The summed E-state index contributed by atoms with van der Waals surface area (Å²) in [4.78, 5) is 71.7. The van der Waals surface area contributed by atoms with Gasteiger partial charge in [0.2, 0.25) is 12.9 Å². The molecule has 3 rings (SSSR count). The van der Waals surface area contributed by atoms with Crippen molar-refractivity contribution in [1.82, 2.24) is 15.2 Å². The lowest BCUT2D eigenvalue weighted by Gasteiger charge is -2.49. The Morgan fingerprint density at radius 3 is 2.67 bits per heavy atom. The summed E-state index contributed by atoms with van der Waals surface area (Å²) in [6.45, 7) is 2.17. The molecular weight excluding hydrogens is 602 g/mol. The number of hydrogen-bond donors (Lipinski definition) is 3. The van der Waals surface area contributed by atoms with Crippen molar-refractivity contribution >= 4 is 88.0 Å². The second kappa shape index (κ2) is 14.2. The third kappa shape index (κ3) is 7.68. The Kier molecular flexibility index (Phi) is 11.7. The molecule has 0 saturated carbocycles. The minimum atomic E-state index is -1.31. The number of halogens is 1. The van der Waals surface area contributed by atoms with Gasteiger partial charge in [-0.1, -0.05) is 5.16 Å². The van der Waals surface area contributed by atoms with Crippen molar-refractivity contribution in [2.24, 2.45) is 5.16 Å². The molecule has 39 heavy (non-hydrogen) atoms. The number of thioether (sulfide) groups is 2. The predicted molar refractivity (Wildman–Crippen MR) is 143 cm³/mol. The van der Waals surface area contributed by atoms with Crippen LogP contribution in [0.25, 0.3) is 0 Å². The highest BCUT2D eigenvalue weighted by atomic mass is 35.5. The van der Waals surface area contributed by atoms with Crippen LogP contribution in [0.3, 0.4) is 0 Å². The number of carbonyl (C=O) groups is 5. The molecule has 0 spiro atoms. The number of anilines is 1. The van der Waals surface area contributed by atoms with Gasteiger partial charge in [0.1, 0.15) is 22.8 Å². The summed E-state index contributed by atoms with van der Waals surface area (Å²) in [5.41, 5.74) is 5.25. The molecule has 1 fully saturated rings. The Hall–Kier alpha value is -3.22. The number of esters is 1. The van der Waals surface area contributed by atoms with E-state index in [1.165, 1.54) is 40.7 Å². The lowest BCUT2D eigenvalue weighted by atomic mass is 10.0. The van der Waals surface area contributed by atoms with Gasteiger partial charge in [0.15, 0.2) is 10.8 Å². The molecule has 19 heteroatoms. The zero-order valence-corrected chi connectivity index (χ0v) is 23.9. The van der Waals surface area contributed by atoms with Crippen LogP contribution >= 0.6 is 47.3 Å². The van der Waals surface area contributed by atoms with Gasteiger partial charge >= 0.3 is 18.1 Å². The average molecular weight is 626 g/mol. The van der Waals surface area contributed by atoms with E-state index in [1.807, 2.05) is 0 Å². The first kappa shape index (κ1) is 32.0. The number of thiazole rings is 1. The molecule has 1 aromatic rings. The number of aromatic nitrogens is 1. The summed E-state index contributed by atoms with van der Waals surface area (Å²) < 4.78 is 14.7. The molecule has 3 heterocycles. The molecule has 2 aliphatic rings. The summed E-state index contributed by atoms with van der Waals surface area (Å²) in [5.74, 6) is -3.33. The molecule has 2 aliphatic heterocycles. The van der Waals surface area contributed by atoms with Gasteiger partial charge in [-0.3, -0.25) is 14.5 Å². The number of nitrogens with two attached hydrogens (primary N) is 1. The summed E-state index contributed by atoms with van der Waals surface area (Å²) in [6, 6.07) is -1.05. The molecule has 4 N–H and O–H groups in total. The first-order chi connectivity index (χ1) is 18.1. The van der Waals surface area contributed by atoms with Crippen LogP contribution in [0.5, 0.6) is 0 Å². The highest BCUT2D eigenvalue weighted by Gasteiger charge is 2.55. The van der Waals surface area contributed by atoms with Crippen LogP contribution in [0.2, 0.25) is 0 Å². The van der Waals surface area contributed by atoms with Crippen molar-refractivity contribution in [3.63, 3.8) is 0 Å². The summed E-state index contributed by atoms with van der Waals surface area (Å²) >= 11 is 3.57. The predicted octanol–water partition coefficient (Wildman–Crippen LogP) is 0.989. The molecule has 0 aromatic carbocycles. The number of nitrogen functional groups attached to an aromatic ring is 1. The van der Waals surface area contributed by atoms with Gasteiger partial charge in [-0.25, -0.2) is 19.4 Å². The number of nitrogens with one attached hydrogen (secondary N) is 1. The van der Waals surface area contributed by atoms with E-state index in [0.717, 1.165) is 11.3 Å². The topological polar surface area (TPSA) is 209 Å². The molecule has 214 valence electrons. The average Bonchev–Trinajstić information content (AvgIpc) is 3.29. The van der Waals surface area contributed by atoms with Gasteiger partial charge in [0, 0.05) is 23.0 Å². The zero-order chi connectivity index (χ0) is 28.0. The number of hydrogen-bond acceptors (Lipinski definition) is 15. The molecule has 2 unspecified atom stereocenters. The molecule has 0 radical (unpaired) electrons. The van der Waals surface area contributed by atoms with E-state index in [0.29, 0.717) is 10.7 Å². The first-order valence-corrected chi connectivity index (χ1v) is 13.9. The Bertz CT molecular complexity index is 1190. The standard InChI is InChI=1S/C20H23N5O10S3.ClH/c1-4-32-20(31)35-8(2)34-18(30)14-10(36-3)7-37-17-13(16(29)25(14)17)23-15(28)12(24-33-5-11(26)27)9-6-38-19(21)22-9;/h6,8,13,17H,4-5,7H2,1-3H3,(H2,21,22)(H,23,28)(H,26,27);1H/b24-12+;/t8?,13?,17-;/m1./s1. The van der Waals surface area contributed by atoms with Crippen molar-refractivity contribution in [3.05, 3.63) is 21.7 Å². The zero-order valence-electron chi connectivity index (χ0n) is 20.6. The van der Waals surface area contributed by atoms with Crippen LogP contribution in [0.15, 0.2) is 21.1 Å². The number of nitrogens with zero attached hydrogens (tertiary/aromatic N) is 3. The SMILES string of the molecule is CCOC(=O)OC(C)OC(=O)C1=C(SC)CS[C@@H]2C(NC(=O)/C(=N/OCC(=O)O)c3csc(N)n3)C(=O)N12.Cl. The van der Waals surface area contributed by atoms with Crippen molar-refractivity contribution in [3.8, 4) is 0 Å². The monoisotopic (exact) mass is 625 g/mol. The number of carboxylic acid groups (broad SMARTS) is 1. The van der Waals surface area contributed by atoms with Crippen molar-refractivity contribution in [2.75, 3.05) is 31.0 Å². The quantitative estimate of drug-likeness (QED) is 0.103. The molecular formula is C20H24ClN5O10S3. The van der Waals surface area contributed by atoms with Crippen LogP contribution in [0, 0.1) is 0 Å². The van der Waals surface area contributed by atoms with Gasteiger partial charge in [-0.05, 0) is 13.2 Å².